The van der Waals surface area contributed by atoms with Crippen LogP contribution in [-0.4, -0.2) is 74.5 Å². The van der Waals surface area contributed by atoms with E-state index in [2.05, 4.69) is 27.2 Å². The van der Waals surface area contributed by atoms with Gasteiger partial charge in [0.1, 0.15) is 12.7 Å². The molecule has 164 valence electrons. The minimum atomic E-state index is -0.169. The van der Waals surface area contributed by atoms with Gasteiger partial charge in [-0.15, -0.1) is 0 Å². The summed E-state index contributed by atoms with van der Waals surface area (Å²) in [4.78, 5) is 17.0. The molecule has 1 atom stereocenters. The van der Waals surface area contributed by atoms with Crippen molar-refractivity contribution in [3.05, 3.63) is 48.0 Å². The van der Waals surface area contributed by atoms with E-state index < -0.39 is 0 Å². The highest BCUT2D eigenvalue weighted by molar-refractivity contribution is 5.78. The Kier molecular flexibility index (Phi) is 5.82. The Labute approximate surface area is 181 Å². The molecule has 1 saturated heterocycles. The Balaban J connectivity index is 1.02. The number of benzene rings is 2. The molecular weight excluding hydrogens is 398 g/mol. The van der Waals surface area contributed by atoms with Crippen LogP contribution in [0.1, 0.15) is 5.56 Å². The number of carbonyl (C=O) groups is 1. The molecule has 3 aliphatic rings. The molecular formula is C23H27N3O5. The summed E-state index contributed by atoms with van der Waals surface area (Å²) in [5.41, 5.74) is 1.21. The summed E-state index contributed by atoms with van der Waals surface area (Å²) in [5.74, 6) is 3.14. The van der Waals surface area contributed by atoms with Gasteiger partial charge in [0.05, 0.1) is 13.1 Å². The average molecular weight is 425 g/mol. The van der Waals surface area contributed by atoms with Crippen molar-refractivity contribution in [2.75, 3.05) is 52.7 Å². The summed E-state index contributed by atoms with van der Waals surface area (Å²) in [5, 5.41) is 2.98. The Bertz CT molecular complexity index is 929. The maximum atomic E-state index is 12.4. The number of carbonyl (C=O) groups excluding carboxylic acids is 1. The molecule has 8 heteroatoms. The number of fused-ring (bicyclic) bond motifs is 2. The molecule has 8 nitrogen and oxygen atoms in total. The standard InChI is InChI=1S/C23H27N3O5/c27-23(24-12-18-15-28-19-3-1-2-4-21(19)31-18)14-26-9-7-25(8-10-26)13-17-5-6-20-22(11-17)30-16-29-20/h1-6,11,18H,7-10,12-16H2,(H,24,27)/t18-/m1/s1. The number of nitrogens with one attached hydrogen (secondary N) is 1. The average Bonchev–Trinajstić information content (AvgIpc) is 3.27. The summed E-state index contributed by atoms with van der Waals surface area (Å²) >= 11 is 0. The molecule has 3 heterocycles. The predicted octanol–water partition coefficient (Wildman–Crippen LogP) is 1.49. The number of ether oxygens (including phenoxy) is 4. The van der Waals surface area contributed by atoms with E-state index in [1.807, 2.05) is 30.3 Å². The van der Waals surface area contributed by atoms with E-state index in [1.54, 1.807) is 0 Å². The van der Waals surface area contributed by atoms with E-state index >= 15 is 0 Å². The van der Waals surface area contributed by atoms with Gasteiger partial charge in [-0.25, -0.2) is 0 Å². The maximum absolute atomic E-state index is 12.4. The predicted molar refractivity (Wildman–Crippen MR) is 114 cm³/mol. The van der Waals surface area contributed by atoms with Crippen LogP contribution in [0.4, 0.5) is 0 Å². The number of hydrogen-bond donors (Lipinski definition) is 1. The van der Waals surface area contributed by atoms with Crippen molar-refractivity contribution in [3.63, 3.8) is 0 Å². The third kappa shape index (κ3) is 4.86. The zero-order valence-electron chi connectivity index (χ0n) is 17.4. The van der Waals surface area contributed by atoms with Crippen LogP contribution in [0.25, 0.3) is 0 Å². The molecule has 0 spiro atoms. The quantitative estimate of drug-likeness (QED) is 0.752. The highest BCUT2D eigenvalue weighted by Crippen LogP contribution is 2.33. The van der Waals surface area contributed by atoms with E-state index in [1.165, 1.54) is 5.56 Å². The Morgan fingerprint density at radius 3 is 2.52 bits per heavy atom. The SMILES string of the molecule is O=C(CN1CCN(Cc2ccc3c(c2)OCO3)CC1)NC[C@@H]1COc2ccccc2O1. The first-order valence-electron chi connectivity index (χ1n) is 10.7. The van der Waals surface area contributed by atoms with Crippen LogP contribution >= 0.6 is 0 Å². The van der Waals surface area contributed by atoms with Gasteiger partial charge in [0, 0.05) is 32.7 Å². The summed E-state index contributed by atoms with van der Waals surface area (Å²) in [7, 11) is 0. The van der Waals surface area contributed by atoms with Gasteiger partial charge in [-0.3, -0.25) is 14.6 Å². The normalized spacial score (nSPS) is 20.5. The van der Waals surface area contributed by atoms with Crippen molar-refractivity contribution in [2.45, 2.75) is 12.6 Å². The van der Waals surface area contributed by atoms with Crippen LogP contribution in [0.3, 0.4) is 0 Å². The molecule has 2 aromatic rings. The summed E-state index contributed by atoms with van der Waals surface area (Å²) in [6.07, 6.45) is -0.169. The van der Waals surface area contributed by atoms with Gasteiger partial charge in [-0.1, -0.05) is 18.2 Å². The van der Waals surface area contributed by atoms with E-state index in [4.69, 9.17) is 18.9 Å². The van der Waals surface area contributed by atoms with Crippen LogP contribution < -0.4 is 24.3 Å². The van der Waals surface area contributed by atoms with Gasteiger partial charge in [0.2, 0.25) is 12.7 Å². The first-order valence-corrected chi connectivity index (χ1v) is 10.7. The van der Waals surface area contributed by atoms with Crippen LogP contribution in [0.2, 0.25) is 0 Å². The van der Waals surface area contributed by atoms with E-state index in [0.717, 1.165) is 55.7 Å². The fourth-order valence-electron chi connectivity index (χ4n) is 4.05. The molecule has 0 radical (unpaired) electrons. The molecule has 31 heavy (non-hydrogen) atoms. The van der Waals surface area contributed by atoms with Gasteiger partial charge >= 0.3 is 0 Å². The Morgan fingerprint density at radius 1 is 0.903 bits per heavy atom. The number of nitrogens with zero attached hydrogens (tertiary/aromatic N) is 2. The van der Waals surface area contributed by atoms with Crippen molar-refractivity contribution >= 4 is 5.91 Å². The molecule has 2 aromatic carbocycles. The molecule has 3 aliphatic heterocycles. The number of hydrogen-bond acceptors (Lipinski definition) is 7. The molecule has 0 aromatic heterocycles. The second kappa shape index (κ2) is 9.03. The highest BCUT2D eigenvalue weighted by Gasteiger charge is 2.23. The van der Waals surface area contributed by atoms with Crippen molar-refractivity contribution in [1.82, 2.24) is 15.1 Å². The molecule has 1 N–H and O–H groups in total. The van der Waals surface area contributed by atoms with E-state index in [0.29, 0.717) is 26.5 Å². The topological polar surface area (TPSA) is 72.5 Å². The fourth-order valence-corrected chi connectivity index (χ4v) is 4.05. The minimum Gasteiger partial charge on any atom is -0.486 e. The van der Waals surface area contributed by atoms with Crippen LogP contribution in [0, 0.1) is 0 Å². The number of para-hydroxylation sites is 2. The molecule has 0 bridgehead atoms. The maximum Gasteiger partial charge on any atom is 0.234 e. The zero-order valence-corrected chi connectivity index (χ0v) is 17.4. The molecule has 1 fully saturated rings. The Hall–Kier alpha value is -2.97. The largest absolute Gasteiger partial charge is 0.486 e. The summed E-state index contributed by atoms with van der Waals surface area (Å²) < 4.78 is 22.4. The van der Waals surface area contributed by atoms with Gasteiger partial charge in [0.25, 0.3) is 0 Å². The third-order valence-electron chi connectivity index (χ3n) is 5.77. The molecule has 0 saturated carbocycles. The minimum absolute atomic E-state index is 0.0201. The third-order valence-corrected chi connectivity index (χ3v) is 5.77. The number of rotatable bonds is 6. The highest BCUT2D eigenvalue weighted by atomic mass is 16.7. The lowest BCUT2D eigenvalue weighted by atomic mass is 10.1. The lowest BCUT2D eigenvalue weighted by Crippen LogP contribution is -2.50. The molecule has 5 rings (SSSR count). The second-order valence-corrected chi connectivity index (χ2v) is 8.04. The molecule has 1 amide bonds. The summed E-state index contributed by atoms with van der Waals surface area (Å²) in [6.45, 7) is 6.05. The van der Waals surface area contributed by atoms with Gasteiger partial charge in [-0.05, 0) is 29.8 Å². The van der Waals surface area contributed by atoms with Crippen LogP contribution in [0.15, 0.2) is 42.5 Å². The van der Waals surface area contributed by atoms with Gasteiger partial charge in [-0.2, -0.15) is 0 Å². The summed E-state index contributed by atoms with van der Waals surface area (Å²) in [6, 6.07) is 13.7. The lowest BCUT2D eigenvalue weighted by molar-refractivity contribution is -0.123. The first-order chi connectivity index (χ1) is 15.2. The first kappa shape index (κ1) is 20.0. The lowest BCUT2D eigenvalue weighted by Gasteiger charge is -2.34. The van der Waals surface area contributed by atoms with Crippen LogP contribution in [-0.2, 0) is 11.3 Å². The second-order valence-electron chi connectivity index (χ2n) is 8.04. The number of amides is 1. The van der Waals surface area contributed by atoms with Crippen LogP contribution in [0.5, 0.6) is 23.0 Å². The van der Waals surface area contributed by atoms with E-state index in [9.17, 15) is 4.79 Å². The molecule has 0 aliphatic carbocycles. The van der Waals surface area contributed by atoms with Gasteiger partial charge < -0.3 is 24.3 Å². The monoisotopic (exact) mass is 425 g/mol. The zero-order chi connectivity index (χ0) is 21.0. The van der Waals surface area contributed by atoms with E-state index in [-0.39, 0.29) is 12.0 Å². The Morgan fingerprint density at radius 2 is 1.65 bits per heavy atom. The van der Waals surface area contributed by atoms with Crippen molar-refractivity contribution in [3.8, 4) is 23.0 Å². The smallest absolute Gasteiger partial charge is 0.234 e. The number of piperazine rings is 1. The van der Waals surface area contributed by atoms with Crippen molar-refractivity contribution < 1.29 is 23.7 Å². The fraction of sp³-hybridized carbons (Fsp3) is 0.435. The van der Waals surface area contributed by atoms with Gasteiger partial charge in [0.15, 0.2) is 23.0 Å². The van der Waals surface area contributed by atoms with Crippen molar-refractivity contribution in [2.24, 2.45) is 0 Å². The van der Waals surface area contributed by atoms with Crippen molar-refractivity contribution in [1.29, 1.82) is 0 Å². The molecule has 0 unspecified atom stereocenters.